The lowest BCUT2D eigenvalue weighted by molar-refractivity contribution is 0.0979. The van der Waals surface area contributed by atoms with E-state index in [0.717, 1.165) is 27.5 Å². The van der Waals surface area contributed by atoms with Gasteiger partial charge >= 0.3 is 0 Å². The maximum Gasteiger partial charge on any atom is 0.164 e. The quantitative estimate of drug-likeness (QED) is 0.202. The van der Waals surface area contributed by atoms with Crippen molar-refractivity contribution in [3.63, 3.8) is 0 Å². The van der Waals surface area contributed by atoms with E-state index in [1.165, 1.54) is 0 Å². The van der Waals surface area contributed by atoms with Gasteiger partial charge in [0.1, 0.15) is 6.61 Å². The van der Waals surface area contributed by atoms with Crippen molar-refractivity contribution in [3.8, 4) is 11.8 Å². The van der Waals surface area contributed by atoms with Crippen LogP contribution in [0, 0.1) is 11.8 Å². The fraction of sp³-hybridized carbons (Fsp3) is 0.138. The van der Waals surface area contributed by atoms with Gasteiger partial charge in [-0.15, -0.1) is 0 Å². The third-order valence-corrected chi connectivity index (χ3v) is 5.25. The molecule has 0 aromatic heterocycles. The number of carbonyl (C=O) groups is 1. The predicted octanol–water partition coefficient (Wildman–Crippen LogP) is 6.42. The van der Waals surface area contributed by atoms with Crippen molar-refractivity contribution in [3.05, 3.63) is 120 Å². The molecule has 0 aliphatic rings. The number of ketones is 1. The van der Waals surface area contributed by atoms with E-state index in [2.05, 4.69) is 36.1 Å². The Morgan fingerprint density at radius 1 is 0.774 bits per heavy atom. The summed E-state index contributed by atoms with van der Waals surface area (Å²) in [6.45, 7) is 0.854. The van der Waals surface area contributed by atoms with Crippen LogP contribution in [-0.4, -0.2) is 12.4 Å². The van der Waals surface area contributed by atoms with Gasteiger partial charge in [0.05, 0.1) is 12.5 Å². The molecule has 2 nitrogen and oxygen atoms in total. The molecule has 1 atom stereocenters. The number of hydrogen-bond acceptors (Lipinski definition) is 2. The van der Waals surface area contributed by atoms with Crippen molar-refractivity contribution in [2.45, 2.75) is 18.9 Å². The summed E-state index contributed by atoms with van der Waals surface area (Å²) in [4.78, 5) is 12.9. The zero-order valence-corrected chi connectivity index (χ0v) is 17.3. The first-order chi connectivity index (χ1) is 15.3. The van der Waals surface area contributed by atoms with E-state index in [1.807, 2.05) is 78.9 Å². The van der Waals surface area contributed by atoms with Crippen molar-refractivity contribution in [1.29, 1.82) is 0 Å². The van der Waals surface area contributed by atoms with Crippen LogP contribution in [-0.2, 0) is 11.3 Å². The molecule has 0 spiro atoms. The van der Waals surface area contributed by atoms with Crippen molar-refractivity contribution < 1.29 is 9.53 Å². The lowest BCUT2D eigenvalue weighted by Crippen LogP contribution is -2.07. The van der Waals surface area contributed by atoms with Crippen LogP contribution < -0.4 is 0 Å². The van der Waals surface area contributed by atoms with Crippen LogP contribution in [0.25, 0.3) is 10.8 Å². The Hall–Kier alpha value is -3.67. The summed E-state index contributed by atoms with van der Waals surface area (Å²) in [6.07, 6.45) is 0.337. The fourth-order valence-electron chi connectivity index (χ4n) is 3.68. The van der Waals surface area contributed by atoms with Gasteiger partial charge in [0, 0.05) is 12.0 Å². The molecule has 0 aliphatic carbocycles. The van der Waals surface area contributed by atoms with Crippen molar-refractivity contribution in [1.82, 2.24) is 0 Å². The number of Topliss-reactive ketones (excluding diaryl/α,β-unsaturated/α-hetero) is 1. The number of carbonyl (C=O) groups excluding carboxylic acids is 1. The van der Waals surface area contributed by atoms with Crippen molar-refractivity contribution in [2.24, 2.45) is 0 Å². The zero-order valence-electron chi connectivity index (χ0n) is 17.3. The highest BCUT2D eigenvalue weighted by molar-refractivity contribution is 5.97. The van der Waals surface area contributed by atoms with E-state index in [1.54, 1.807) is 0 Å². The number of hydrogen-bond donors (Lipinski definition) is 0. The van der Waals surface area contributed by atoms with Gasteiger partial charge in [-0.1, -0.05) is 115 Å². The molecule has 4 aromatic carbocycles. The van der Waals surface area contributed by atoms with Gasteiger partial charge in [0.2, 0.25) is 0 Å². The monoisotopic (exact) mass is 404 g/mol. The summed E-state index contributed by atoms with van der Waals surface area (Å²) < 4.78 is 5.72. The second-order valence-electron chi connectivity index (χ2n) is 7.41. The first-order valence-electron chi connectivity index (χ1n) is 10.5. The molecule has 0 heterocycles. The van der Waals surface area contributed by atoms with E-state index in [9.17, 15) is 4.79 Å². The minimum Gasteiger partial charge on any atom is -0.364 e. The normalized spacial score (nSPS) is 11.5. The highest BCUT2D eigenvalue weighted by Gasteiger charge is 2.17. The minimum atomic E-state index is -0.195. The van der Waals surface area contributed by atoms with E-state index in [4.69, 9.17) is 4.74 Å². The summed E-state index contributed by atoms with van der Waals surface area (Å²) in [6, 6.07) is 33.9. The average Bonchev–Trinajstić information content (AvgIpc) is 2.84. The van der Waals surface area contributed by atoms with Crippen LogP contribution in [0.15, 0.2) is 103 Å². The topological polar surface area (TPSA) is 26.3 Å². The number of rotatable bonds is 7. The molecule has 4 rings (SSSR count). The summed E-state index contributed by atoms with van der Waals surface area (Å²) in [5.74, 6) is 6.37. The Balaban J connectivity index is 1.55. The van der Waals surface area contributed by atoms with Crippen LogP contribution in [0.2, 0.25) is 0 Å². The van der Waals surface area contributed by atoms with Crippen LogP contribution >= 0.6 is 0 Å². The number of benzene rings is 4. The Kier molecular flexibility index (Phi) is 6.90. The lowest BCUT2D eigenvalue weighted by atomic mass is 9.88. The molecule has 152 valence electrons. The maximum absolute atomic E-state index is 12.9. The first-order valence-corrected chi connectivity index (χ1v) is 10.5. The first kappa shape index (κ1) is 20.6. The van der Waals surface area contributed by atoms with Crippen LogP contribution in [0.3, 0.4) is 0 Å². The molecular weight excluding hydrogens is 380 g/mol. The fourth-order valence-corrected chi connectivity index (χ4v) is 3.68. The van der Waals surface area contributed by atoms with Gasteiger partial charge in [-0.25, -0.2) is 0 Å². The smallest absolute Gasteiger partial charge is 0.164 e. The van der Waals surface area contributed by atoms with Gasteiger partial charge < -0.3 is 4.74 Å². The molecule has 0 saturated carbocycles. The molecule has 0 radical (unpaired) electrons. The van der Waals surface area contributed by atoms with Gasteiger partial charge in [0.15, 0.2) is 5.78 Å². The van der Waals surface area contributed by atoms with E-state index < -0.39 is 0 Å². The largest absolute Gasteiger partial charge is 0.364 e. The highest BCUT2D eigenvalue weighted by Crippen LogP contribution is 2.28. The molecule has 31 heavy (non-hydrogen) atoms. The lowest BCUT2D eigenvalue weighted by Gasteiger charge is -2.14. The summed E-state index contributed by atoms with van der Waals surface area (Å²) >= 11 is 0. The van der Waals surface area contributed by atoms with Gasteiger partial charge in [-0.05, 0) is 21.9 Å². The second-order valence-corrected chi connectivity index (χ2v) is 7.41. The van der Waals surface area contributed by atoms with Crippen molar-refractivity contribution >= 4 is 16.6 Å². The predicted molar refractivity (Wildman–Crippen MR) is 126 cm³/mol. The van der Waals surface area contributed by atoms with Crippen LogP contribution in [0.1, 0.15) is 33.8 Å². The Morgan fingerprint density at radius 2 is 1.45 bits per heavy atom. The van der Waals surface area contributed by atoms with Crippen molar-refractivity contribution in [2.75, 3.05) is 6.61 Å². The maximum atomic E-state index is 12.9. The molecule has 0 unspecified atom stereocenters. The van der Waals surface area contributed by atoms with E-state index in [-0.39, 0.29) is 11.7 Å². The summed E-state index contributed by atoms with van der Waals surface area (Å²) in [5.41, 5.74) is 2.92. The zero-order chi connectivity index (χ0) is 21.3. The van der Waals surface area contributed by atoms with Gasteiger partial charge in [0.25, 0.3) is 0 Å². The number of fused-ring (bicyclic) bond motifs is 1. The van der Waals surface area contributed by atoms with E-state index >= 15 is 0 Å². The number of ether oxygens (including phenoxy) is 1. The molecule has 0 N–H and O–H groups in total. The molecule has 4 aromatic rings. The molecular formula is C29H24O2. The molecule has 0 fully saturated rings. The molecule has 0 amide bonds. The Labute approximate surface area is 183 Å². The SMILES string of the molecule is O=C(C[C@H](C#CCOCc1ccccc1)c1cccc2ccccc12)c1ccccc1. The van der Waals surface area contributed by atoms with E-state index in [0.29, 0.717) is 19.6 Å². The molecule has 0 saturated heterocycles. The average molecular weight is 405 g/mol. The highest BCUT2D eigenvalue weighted by atomic mass is 16.5. The molecule has 0 aliphatic heterocycles. The second kappa shape index (κ2) is 10.4. The standard InChI is InChI=1S/C29H24O2/c30-29(25-14-5-2-6-15-25)21-26(17-10-20-31-22-23-11-3-1-4-12-23)28-19-9-16-24-13-7-8-18-27(24)28/h1-9,11-16,18-19,26H,20-22H2/t26-/m0/s1. The molecule has 2 heteroatoms. The Bertz CT molecular complexity index is 1200. The molecule has 0 bridgehead atoms. The third kappa shape index (κ3) is 5.48. The van der Waals surface area contributed by atoms with Crippen LogP contribution in [0.4, 0.5) is 0 Å². The summed E-state index contributed by atoms with van der Waals surface area (Å²) in [5, 5.41) is 2.29. The third-order valence-electron chi connectivity index (χ3n) is 5.25. The van der Waals surface area contributed by atoms with Crippen LogP contribution in [0.5, 0.6) is 0 Å². The minimum absolute atomic E-state index is 0.0954. The van der Waals surface area contributed by atoms with Gasteiger partial charge in [-0.2, -0.15) is 0 Å². The van der Waals surface area contributed by atoms with Gasteiger partial charge in [-0.3, -0.25) is 4.79 Å². The summed E-state index contributed by atoms with van der Waals surface area (Å²) in [7, 11) is 0. The Morgan fingerprint density at radius 3 is 2.26 bits per heavy atom.